The molecule has 0 spiro atoms. The van der Waals surface area contributed by atoms with Gasteiger partial charge in [0.15, 0.2) is 5.41 Å². The van der Waals surface area contributed by atoms with Crippen LogP contribution in [-0.4, -0.2) is 40.2 Å². The minimum atomic E-state index is -4.91. The topological polar surface area (TPSA) is 96.6 Å². The van der Waals surface area contributed by atoms with Gasteiger partial charge < -0.3 is 10.0 Å². The number of aliphatic carboxylic acids is 1. The maximum Gasteiger partial charge on any atom is 0.406 e. The van der Waals surface area contributed by atoms with Crippen LogP contribution in [-0.2, 0) is 4.79 Å². The van der Waals surface area contributed by atoms with Gasteiger partial charge in [-0.05, 0) is 6.42 Å². The number of pyridine rings is 1. The van der Waals surface area contributed by atoms with Gasteiger partial charge in [-0.25, -0.2) is 4.98 Å². The molecule has 0 saturated carbocycles. The third-order valence-corrected chi connectivity index (χ3v) is 3.49. The van der Waals surface area contributed by atoms with Crippen LogP contribution in [0.4, 0.5) is 24.7 Å². The van der Waals surface area contributed by atoms with E-state index < -0.39 is 35.4 Å². The number of rotatable bonds is 3. The number of nitro groups is 1. The van der Waals surface area contributed by atoms with Gasteiger partial charge in [0, 0.05) is 25.4 Å². The Kier molecular flexibility index (Phi) is 3.47. The second-order valence-electron chi connectivity index (χ2n) is 4.69. The molecule has 2 rings (SSSR count). The lowest BCUT2D eigenvalue weighted by atomic mass is 9.86. The van der Waals surface area contributed by atoms with Crippen molar-refractivity contribution in [2.45, 2.75) is 12.6 Å². The molecule has 0 bridgehead atoms. The molecular formula is C11H10F3N3O4. The molecule has 1 N–H and O–H groups in total. The van der Waals surface area contributed by atoms with Crippen LogP contribution < -0.4 is 4.90 Å². The molecule has 0 amide bonds. The minimum Gasteiger partial charge on any atom is -0.481 e. The molecule has 0 radical (unpaired) electrons. The number of carboxylic acids is 1. The highest BCUT2D eigenvalue weighted by molar-refractivity contribution is 5.78. The summed E-state index contributed by atoms with van der Waals surface area (Å²) in [4.78, 5) is 25.9. The van der Waals surface area contributed by atoms with Crippen molar-refractivity contribution in [3.63, 3.8) is 0 Å². The summed E-state index contributed by atoms with van der Waals surface area (Å²) in [5, 5.41) is 19.6. The zero-order valence-corrected chi connectivity index (χ0v) is 10.5. The fraction of sp³-hybridized carbons (Fsp3) is 0.455. The first-order valence-electron chi connectivity index (χ1n) is 5.83. The number of nitrogens with zero attached hydrogens (tertiary/aromatic N) is 3. The Labute approximate surface area is 116 Å². The van der Waals surface area contributed by atoms with Gasteiger partial charge in [0.2, 0.25) is 0 Å². The molecular weight excluding hydrogens is 295 g/mol. The van der Waals surface area contributed by atoms with Crippen LogP contribution in [0.1, 0.15) is 6.42 Å². The maximum absolute atomic E-state index is 13.0. The summed E-state index contributed by atoms with van der Waals surface area (Å²) in [5.41, 5.74) is -3.20. The van der Waals surface area contributed by atoms with Crippen LogP contribution in [0, 0.1) is 15.5 Å². The lowest BCUT2D eigenvalue weighted by molar-refractivity contribution is -0.384. The van der Waals surface area contributed by atoms with Crippen molar-refractivity contribution in [1.82, 2.24) is 4.98 Å². The van der Waals surface area contributed by atoms with Gasteiger partial charge in [0.25, 0.3) is 5.69 Å². The SMILES string of the molecule is O=C(O)C1(C(F)(F)F)CCN(c2cc([N+](=O)[O-])ccn2)C1. The number of hydrogen-bond donors (Lipinski definition) is 1. The molecule has 114 valence electrons. The van der Waals surface area contributed by atoms with Crippen molar-refractivity contribution in [2.24, 2.45) is 5.41 Å². The Morgan fingerprint density at radius 2 is 2.19 bits per heavy atom. The lowest BCUT2D eigenvalue weighted by Gasteiger charge is -2.27. The molecule has 1 atom stereocenters. The van der Waals surface area contributed by atoms with Crippen molar-refractivity contribution in [3.8, 4) is 0 Å². The van der Waals surface area contributed by atoms with Crippen LogP contribution in [0.2, 0.25) is 0 Å². The fourth-order valence-electron chi connectivity index (χ4n) is 2.23. The summed E-state index contributed by atoms with van der Waals surface area (Å²) >= 11 is 0. The molecule has 10 heteroatoms. The Hall–Kier alpha value is -2.39. The Bertz CT molecular complexity index is 592. The highest BCUT2D eigenvalue weighted by Gasteiger charge is 2.63. The monoisotopic (exact) mass is 305 g/mol. The van der Waals surface area contributed by atoms with E-state index in [1.807, 2.05) is 0 Å². The van der Waals surface area contributed by atoms with E-state index in [1.165, 1.54) is 0 Å². The summed E-state index contributed by atoms with van der Waals surface area (Å²) in [6.45, 7) is -1.01. The molecule has 1 aliphatic heterocycles. The molecule has 1 aromatic rings. The van der Waals surface area contributed by atoms with E-state index in [1.54, 1.807) is 0 Å². The second-order valence-corrected chi connectivity index (χ2v) is 4.69. The quantitative estimate of drug-likeness (QED) is 0.676. The predicted molar refractivity (Wildman–Crippen MR) is 63.8 cm³/mol. The highest BCUT2D eigenvalue weighted by Crippen LogP contribution is 2.46. The van der Waals surface area contributed by atoms with Gasteiger partial charge in [-0.1, -0.05) is 0 Å². The van der Waals surface area contributed by atoms with Crippen LogP contribution in [0.25, 0.3) is 0 Å². The van der Waals surface area contributed by atoms with Gasteiger partial charge in [-0.2, -0.15) is 13.2 Å². The highest BCUT2D eigenvalue weighted by atomic mass is 19.4. The van der Waals surface area contributed by atoms with Crippen molar-refractivity contribution in [3.05, 3.63) is 28.4 Å². The third-order valence-electron chi connectivity index (χ3n) is 3.49. The number of aromatic nitrogens is 1. The minimum absolute atomic E-state index is 0.0448. The Balaban J connectivity index is 2.32. The largest absolute Gasteiger partial charge is 0.481 e. The number of carboxylic acid groups (broad SMARTS) is 1. The summed E-state index contributed by atoms with van der Waals surface area (Å²) < 4.78 is 39.1. The summed E-state index contributed by atoms with van der Waals surface area (Å²) in [6.07, 6.45) is -4.44. The van der Waals surface area contributed by atoms with Crippen molar-refractivity contribution < 1.29 is 28.0 Å². The van der Waals surface area contributed by atoms with Crippen molar-refractivity contribution in [2.75, 3.05) is 18.0 Å². The molecule has 1 aromatic heterocycles. The fourth-order valence-corrected chi connectivity index (χ4v) is 2.23. The first-order chi connectivity index (χ1) is 9.67. The summed E-state index contributed by atoms with van der Waals surface area (Å²) in [7, 11) is 0. The van der Waals surface area contributed by atoms with E-state index in [4.69, 9.17) is 5.11 Å². The number of alkyl halides is 3. The van der Waals surface area contributed by atoms with Crippen molar-refractivity contribution in [1.29, 1.82) is 0 Å². The molecule has 1 saturated heterocycles. The van der Waals surface area contributed by atoms with Gasteiger partial charge in [-0.3, -0.25) is 14.9 Å². The van der Waals surface area contributed by atoms with Crippen molar-refractivity contribution >= 4 is 17.5 Å². The summed E-state index contributed by atoms with van der Waals surface area (Å²) in [6, 6.07) is 2.13. The number of hydrogen-bond acceptors (Lipinski definition) is 5. The Morgan fingerprint density at radius 1 is 1.52 bits per heavy atom. The van der Waals surface area contributed by atoms with Gasteiger partial charge in [0.05, 0.1) is 11.0 Å². The molecule has 21 heavy (non-hydrogen) atoms. The zero-order valence-electron chi connectivity index (χ0n) is 10.5. The van der Waals surface area contributed by atoms with Crippen LogP contribution in [0.15, 0.2) is 18.3 Å². The van der Waals surface area contributed by atoms with E-state index in [-0.39, 0.29) is 18.1 Å². The molecule has 1 fully saturated rings. The normalized spacial score (nSPS) is 22.3. The van der Waals surface area contributed by atoms with Gasteiger partial charge in [0.1, 0.15) is 5.82 Å². The molecule has 0 aliphatic carbocycles. The van der Waals surface area contributed by atoms with E-state index in [0.29, 0.717) is 0 Å². The van der Waals surface area contributed by atoms with E-state index in [0.717, 1.165) is 23.2 Å². The summed E-state index contributed by atoms with van der Waals surface area (Å²) in [5.74, 6) is -2.00. The van der Waals surface area contributed by atoms with Gasteiger partial charge in [-0.15, -0.1) is 0 Å². The van der Waals surface area contributed by atoms with Crippen LogP contribution in [0.5, 0.6) is 0 Å². The third kappa shape index (κ3) is 2.48. The number of carbonyl (C=O) groups is 1. The van der Waals surface area contributed by atoms with Crippen LogP contribution >= 0.6 is 0 Å². The Morgan fingerprint density at radius 3 is 2.67 bits per heavy atom. The number of halogens is 3. The molecule has 2 heterocycles. The molecule has 0 aromatic carbocycles. The van der Waals surface area contributed by atoms with E-state index >= 15 is 0 Å². The van der Waals surface area contributed by atoms with E-state index in [9.17, 15) is 28.1 Å². The first-order valence-corrected chi connectivity index (χ1v) is 5.83. The smallest absolute Gasteiger partial charge is 0.406 e. The lowest BCUT2D eigenvalue weighted by Crippen LogP contribution is -2.47. The molecule has 1 aliphatic rings. The molecule has 1 unspecified atom stereocenters. The van der Waals surface area contributed by atoms with Gasteiger partial charge >= 0.3 is 12.1 Å². The maximum atomic E-state index is 13.0. The predicted octanol–water partition coefficient (Wildman–Crippen LogP) is 1.83. The average Bonchev–Trinajstić information content (AvgIpc) is 2.84. The number of anilines is 1. The molecule has 7 nitrogen and oxygen atoms in total. The zero-order chi connectivity index (χ0) is 15.8. The second kappa shape index (κ2) is 4.86. The standard InChI is InChI=1S/C11H10F3N3O4/c12-11(13,14)10(9(18)19)2-4-16(6-10)8-5-7(17(20)21)1-3-15-8/h1,3,5H,2,4,6H2,(H,18,19). The first kappa shape index (κ1) is 15.0. The van der Waals surface area contributed by atoms with E-state index in [2.05, 4.69) is 4.98 Å². The van der Waals surface area contributed by atoms with Crippen LogP contribution in [0.3, 0.4) is 0 Å². The average molecular weight is 305 g/mol.